The minimum Gasteiger partial charge on any atom is -0.480 e. The van der Waals surface area contributed by atoms with E-state index in [1.165, 1.54) is 5.56 Å². The van der Waals surface area contributed by atoms with Crippen molar-refractivity contribution in [3.05, 3.63) is 29.3 Å². The molecule has 0 aromatic heterocycles. The number of benzene rings is 1. The topological polar surface area (TPSA) is 49.8 Å². The van der Waals surface area contributed by atoms with Crippen LogP contribution in [-0.2, 0) is 22.6 Å². The zero-order valence-corrected chi connectivity index (χ0v) is 10.1. The third kappa shape index (κ3) is 2.26. The van der Waals surface area contributed by atoms with Gasteiger partial charge in [0.15, 0.2) is 0 Å². The molecule has 2 rings (SSSR count). The molecule has 1 N–H and O–H groups in total. The summed E-state index contributed by atoms with van der Waals surface area (Å²) in [6.07, 6.45) is 0.907. The van der Waals surface area contributed by atoms with Crippen molar-refractivity contribution in [3.63, 3.8) is 0 Å². The lowest BCUT2D eigenvalue weighted by Gasteiger charge is -2.23. The van der Waals surface area contributed by atoms with Crippen LogP contribution in [0.3, 0.4) is 0 Å². The highest BCUT2D eigenvalue weighted by atomic mass is 16.5. The van der Waals surface area contributed by atoms with E-state index in [-0.39, 0.29) is 0 Å². The molecule has 92 valence electrons. The first-order chi connectivity index (χ1) is 8.13. The summed E-state index contributed by atoms with van der Waals surface area (Å²) in [5, 5.41) is 9.05. The van der Waals surface area contributed by atoms with E-state index in [2.05, 4.69) is 6.07 Å². The molecule has 4 heteroatoms. The fraction of sp³-hybridized carbons (Fsp3) is 0.462. The third-order valence-electron chi connectivity index (χ3n) is 3.21. The molecule has 1 atom stereocenters. The van der Waals surface area contributed by atoms with Crippen LogP contribution in [0.15, 0.2) is 18.2 Å². The van der Waals surface area contributed by atoms with E-state index >= 15 is 0 Å². The zero-order chi connectivity index (χ0) is 12.4. The molecule has 1 aliphatic heterocycles. The van der Waals surface area contributed by atoms with Crippen molar-refractivity contribution >= 4 is 11.7 Å². The second kappa shape index (κ2) is 4.75. The van der Waals surface area contributed by atoms with Gasteiger partial charge in [0, 0.05) is 19.3 Å². The van der Waals surface area contributed by atoms with E-state index in [4.69, 9.17) is 9.84 Å². The van der Waals surface area contributed by atoms with Crippen LogP contribution in [0.25, 0.3) is 0 Å². The molecule has 4 nitrogen and oxygen atoms in total. The van der Waals surface area contributed by atoms with E-state index in [0.717, 1.165) is 24.2 Å². The summed E-state index contributed by atoms with van der Waals surface area (Å²) in [5.74, 6) is -0.779. The molecule has 0 bridgehead atoms. The molecule has 1 aromatic carbocycles. The number of carbonyl (C=O) groups is 1. The number of hydrogen-bond acceptors (Lipinski definition) is 3. The zero-order valence-electron chi connectivity index (χ0n) is 10.1. The van der Waals surface area contributed by atoms with Gasteiger partial charge in [0.2, 0.25) is 0 Å². The van der Waals surface area contributed by atoms with Crippen LogP contribution in [0.4, 0.5) is 5.69 Å². The Morgan fingerprint density at radius 2 is 2.35 bits per heavy atom. The van der Waals surface area contributed by atoms with Gasteiger partial charge in [0.1, 0.15) is 6.04 Å². The average Bonchev–Trinajstić information content (AvgIpc) is 2.71. The highest BCUT2D eigenvalue weighted by molar-refractivity contribution is 5.79. The molecule has 0 saturated carbocycles. The largest absolute Gasteiger partial charge is 0.480 e. The number of carboxylic acid groups (broad SMARTS) is 1. The molecule has 1 aliphatic rings. The van der Waals surface area contributed by atoms with Gasteiger partial charge in [-0.25, -0.2) is 4.79 Å². The summed E-state index contributed by atoms with van der Waals surface area (Å²) < 4.78 is 5.09. The van der Waals surface area contributed by atoms with Crippen molar-refractivity contribution in [2.45, 2.75) is 26.0 Å². The van der Waals surface area contributed by atoms with Crippen molar-refractivity contribution in [1.29, 1.82) is 0 Å². The molecule has 0 fully saturated rings. The predicted octanol–water partition coefficient (Wildman–Crippen LogP) is 1.67. The lowest BCUT2D eigenvalue weighted by atomic mass is 10.1. The first-order valence-corrected chi connectivity index (χ1v) is 5.73. The van der Waals surface area contributed by atoms with Crippen molar-refractivity contribution in [1.82, 2.24) is 0 Å². The Balaban J connectivity index is 2.24. The summed E-state index contributed by atoms with van der Waals surface area (Å²) in [5.41, 5.74) is 3.39. The monoisotopic (exact) mass is 235 g/mol. The lowest BCUT2D eigenvalue weighted by Crippen LogP contribution is -2.37. The maximum absolute atomic E-state index is 11.0. The molecule has 0 aliphatic carbocycles. The van der Waals surface area contributed by atoms with E-state index in [1.54, 1.807) is 14.0 Å². The number of hydrogen-bond donors (Lipinski definition) is 1. The third-order valence-corrected chi connectivity index (χ3v) is 3.21. The van der Waals surface area contributed by atoms with E-state index < -0.39 is 12.0 Å². The number of anilines is 1. The maximum atomic E-state index is 11.0. The number of carboxylic acids is 1. The van der Waals surface area contributed by atoms with Crippen LogP contribution >= 0.6 is 0 Å². The van der Waals surface area contributed by atoms with Crippen LogP contribution in [0.5, 0.6) is 0 Å². The van der Waals surface area contributed by atoms with Gasteiger partial charge >= 0.3 is 5.97 Å². The van der Waals surface area contributed by atoms with Crippen LogP contribution in [0, 0.1) is 0 Å². The molecular weight excluding hydrogens is 218 g/mol. The fourth-order valence-electron chi connectivity index (χ4n) is 2.27. The first kappa shape index (κ1) is 11.9. The van der Waals surface area contributed by atoms with Crippen molar-refractivity contribution < 1.29 is 14.6 Å². The Morgan fingerprint density at radius 3 is 3.00 bits per heavy atom. The maximum Gasteiger partial charge on any atom is 0.326 e. The molecular formula is C13H17NO3. The van der Waals surface area contributed by atoms with Crippen LogP contribution < -0.4 is 4.90 Å². The molecule has 1 aromatic rings. The highest BCUT2D eigenvalue weighted by Gasteiger charge is 2.27. The Labute approximate surface area is 101 Å². The standard InChI is InChI=1S/C13H17NO3/c1-9(13(15)16)14-6-5-11-7-10(8-17-2)3-4-12(11)14/h3-4,7,9H,5-6,8H2,1-2H3,(H,15,16)/t9-/m0/s1. The summed E-state index contributed by atoms with van der Waals surface area (Å²) in [6.45, 7) is 3.10. The second-order valence-corrected chi connectivity index (χ2v) is 4.35. The fourth-order valence-corrected chi connectivity index (χ4v) is 2.27. The summed E-state index contributed by atoms with van der Waals surface area (Å²) >= 11 is 0. The van der Waals surface area contributed by atoms with Crippen molar-refractivity contribution in [2.24, 2.45) is 0 Å². The number of nitrogens with zero attached hydrogens (tertiary/aromatic N) is 1. The van der Waals surface area contributed by atoms with Crippen LogP contribution in [0.1, 0.15) is 18.1 Å². The van der Waals surface area contributed by atoms with Gasteiger partial charge < -0.3 is 14.7 Å². The highest BCUT2D eigenvalue weighted by Crippen LogP contribution is 2.30. The minimum atomic E-state index is -0.779. The number of methoxy groups -OCH3 is 1. The quantitative estimate of drug-likeness (QED) is 0.862. The van der Waals surface area contributed by atoms with Gasteiger partial charge in [-0.2, -0.15) is 0 Å². The number of fused-ring (bicyclic) bond motifs is 1. The first-order valence-electron chi connectivity index (χ1n) is 5.73. The van der Waals surface area contributed by atoms with Gasteiger partial charge in [0.05, 0.1) is 6.61 Å². The summed E-state index contributed by atoms with van der Waals surface area (Å²) in [4.78, 5) is 12.9. The van der Waals surface area contributed by atoms with Gasteiger partial charge in [-0.05, 0) is 30.5 Å². The van der Waals surface area contributed by atoms with Crippen molar-refractivity contribution in [2.75, 3.05) is 18.6 Å². The molecule has 0 radical (unpaired) electrons. The van der Waals surface area contributed by atoms with Crippen molar-refractivity contribution in [3.8, 4) is 0 Å². The minimum absolute atomic E-state index is 0.468. The number of aliphatic carboxylic acids is 1. The molecule has 0 spiro atoms. The Hall–Kier alpha value is -1.55. The van der Waals surface area contributed by atoms with Crippen LogP contribution in [0.2, 0.25) is 0 Å². The van der Waals surface area contributed by atoms with Gasteiger partial charge in [-0.3, -0.25) is 0 Å². The summed E-state index contributed by atoms with van der Waals surface area (Å²) in [7, 11) is 1.67. The van der Waals surface area contributed by atoms with Gasteiger partial charge in [0.25, 0.3) is 0 Å². The Morgan fingerprint density at radius 1 is 1.59 bits per heavy atom. The summed E-state index contributed by atoms with van der Waals surface area (Å²) in [6, 6.07) is 5.63. The molecule has 0 amide bonds. The average molecular weight is 235 g/mol. The van der Waals surface area contributed by atoms with E-state index in [1.807, 2.05) is 17.0 Å². The van der Waals surface area contributed by atoms with Crippen LogP contribution in [-0.4, -0.2) is 30.8 Å². The van der Waals surface area contributed by atoms with Gasteiger partial charge in [-0.1, -0.05) is 12.1 Å². The van der Waals surface area contributed by atoms with Gasteiger partial charge in [-0.15, -0.1) is 0 Å². The molecule has 0 unspecified atom stereocenters. The molecule has 1 heterocycles. The van der Waals surface area contributed by atoms with E-state index in [0.29, 0.717) is 6.61 Å². The smallest absolute Gasteiger partial charge is 0.326 e. The molecule has 17 heavy (non-hydrogen) atoms. The normalized spacial score (nSPS) is 15.8. The predicted molar refractivity (Wildman–Crippen MR) is 65.3 cm³/mol. The SMILES string of the molecule is COCc1ccc2c(c1)CCN2[C@@H](C)C(=O)O. The Kier molecular flexibility index (Phi) is 3.33. The Bertz CT molecular complexity index is 431. The van der Waals surface area contributed by atoms with E-state index in [9.17, 15) is 4.79 Å². The lowest BCUT2D eigenvalue weighted by molar-refractivity contribution is -0.138. The second-order valence-electron chi connectivity index (χ2n) is 4.35. The number of ether oxygens (including phenoxy) is 1. The number of rotatable bonds is 4. The molecule has 0 saturated heterocycles.